The molecular formula is C14H13ClO3. The fraction of sp³-hybridized carbons (Fsp3) is 0.214. The van der Waals surface area contributed by atoms with Crippen LogP contribution in [0.1, 0.15) is 16.7 Å². The molecule has 1 aromatic carbocycles. The first kappa shape index (κ1) is 12.7. The van der Waals surface area contributed by atoms with E-state index in [1.807, 2.05) is 6.92 Å². The van der Waals surface area contributed by atoms with Gasteiger partial charge < -0.3 is 9.52 Å². The van der Waals surface area contributed by atoms with Gasteiger partial charge in [-0.2, -0.15) is 0 Å². The molecule has 0 aliphatic heterocycles. The van der Waals surface area contributed by atoms with Crippen molar-refractivity contribution in [3.8, 4) is 5.75 Å². The average molecular weight is 265 g/mol. The summed E-state index contributed by atoms with van der Waals surface area (Å²) in [4.78, 5) is 11.3. The van der Waals surface area contributed by atoms with Crippen LogP contribution in [0.3, 0.4) is 0 Å². The van der Waals surface area contributed by atoms with Crippen LogP contribution in [0.25, 0.3) is 11.0 Å². The van der Waals surface area contributed by atoms with E-state index in [1.54, 1.807) is 13.0 Å². The van der Waals surface area contributed by atoms with Gasteiger partial charge in [-0.15, -0.1) is 0 Å². The number of halogens is 1. The van der Waals surface area contributed by atoms with Gasteiger partial charge in [-0.1, -0.05) is 18.2 Å². The minimum Gasteiger partial charge on any atom is -0.507 e. The van der Waals surface area contributed by atoms with E-state index in [0.717, 1.165) is 10.9 Å². The van der Waals surface area contributed by atoms with Crippen molar-refractivity contribution < 1.29 is 9.52 Å². The molecule has 1 N–H and O–H groups in total. The number of aromatic hydroxyl groups is 1. The normalized spacial score (nSPS) is 10.8. The van der Waals surface area contributed by atoms with E-state index in [2.05, 4.69) is 6.58 Å². The summed E-state index contributed by atoms with van der Waals surface area (Å²) >= 11 is 5.77. The maximum absolute atomic E-state index is 11.3. The Balaban J connectivity index is 2.83. The number of rotatable bonds is 2. The Labute approximate surface area is 109 Å². The number of benzene rings is 1. The smallest absolute Gasteiger partial charge is 0.336 e. The molecule has 3 nitrogen and oxygen atoms in total. The third kappa shape index (κ3) is 2.14. The highest BCUT2D eigenvalue weighted by Crippen LogP contribution is 2.32. The van der Waals surface area contributed by atoms with Crippen molar-refractivity contribution in [3.63, 3.8) is 0 Å². The summed E-state index contributed by atoms with van der Waals surface area (Å²) in [5.74, 6) is 0.0954. The summed E-state index contributed by atoms with van der Waals surface area (Å²) in [6.07, 6.45) is 0.378. The van der Waals surface area contributed by atoms with E-state index in [-0.39, 0.29) is 5.75 Å². The van der Waals surface area contributed by atoms with Gasteiger partial charge in [-0.05, 0) is 25.5 Å². The third-order valence-electron chi connectivity index (χ3n) is 2.91. The van der Waals surface area contributed by atoms with Gasteiger partial charge in [-0.3, -0.25) is 0 Å². The molecular weight excluding hydrogens is 252 g/mol. The Morgan fingerprint density at radius 3 is 2.72 bits per heavy atom. The molecule has 0 saturated heterocycles. The molecule has 0 bridgehead atoms. The van der Waals surface area contributed by atoms with Gasteiger partial charge in [0, 0.05) is 34.0 Å². The highest BCUT2D eigenvalue weighted by molar-refractivity contribution is 6.29. The molecule has 0 radical (unpaired) electrons. The lowest BCUT2D eigenvalue weighted by Crippen LogP contribution is -2.00. The lowest BCUT2D eigenvalue weighted by atomic mass is 10.0. The van der Waals surface area contributed by atoms with E-state index in [1.165, 1.54) is 6.07 Å². The second kappa shape index (κ2) is 4.50. The molecule has 0 amide bonds. The van der Waals surface area contributed by atoms with E-state index in [9.17, 15) is 9.90 Å². The SMILES string of the molecule is C=C(Cl)Cc1cc2c(C)cc(=O)oc2c(C)c1O. The summed E-state index contributed by atoms with van der Waals surface area (Å²) in [5, 5.41) is 11.3. The quantitative estimate of drug-likeness (QED) is 0.846. The Kier molecular flexibility index (Phi) is 3.18. The molecule has 0 spiro atoms. The zero-order chi connectivity index (χ0) is 13.4. The zero-order valence-corrected chi connectivity index (χ0v) is 11.0. The van der Waals surface area contributed by atoms with Crippen molar-refractivity contribution in [2.75, 3.05) is 0 Å². The van der Waals surface area contributed by atoms with Crippen LogP contribution in [0.15, 0.2) is 33.0 Å². The van der Waals surface area contributed by atoms with E-state index in [0.29, 0.717) is 28.2 Å². The Morgan fingerprint density at radius 2 is 2.11 bits per heavy atom. The van der Waals surface area contributed by atoms with Crippen molar-refractivity contribution in [2.24, 2.45) is 0 Å². The van der Waals surface area contributed by atoms with Crippen molar-refractivity contribution in [2.45, 2.75) is 20.3 Å². The largest absolute Gasteiger partial charge is 0.507 e. The van der Waals surface area contributed by atoms with E-state index >= 15 is 0 Å². The van der Waals surface area contributed by atoms with Crippen LogP contribution >= 0.6 is 11.6 Å². The van der Waals surface area contributed by atoms with Gasteiger partial charge in [0.15, 0.2) is 0 Å². The van der Waals surface area contributed by atoms with Crippen LogP contribution < -0.4 is 5.63 Å². The highest BCUT2D eigenvalue weighted by Gasteiger charge is 2.13. The van der Waals surface area contributed by atoms with Crippen LogP contribution in [0, 0.1) is 13.8 Å². The molecule has 0 atom stereocenters. The van der Waals surface area contributed by atoms with Gasteiger partial charge in [0.1, 0.15) is 11.3 Å². The standard InChI is InChI=1S/C14H13ClO3/c1-7-4-12(16)18-14-9(3)13(17)10(5-8(2)15)6-11(7)14/h4,6,17H,2,5H2,1,3H3. The molecule has 0 aliphatic carbocycles. The van der Waals surface area contributed by atoms with Gasteiger partial charge >= 0.3 is 5.63 Å². The van der Waals surface area contributed by atoms with Crippen LogP contribution in [-0.4, -0.2) is 5.11 Å². The summed E-state index contributed by atoms with van der Waals surface area (Å²) in [6.45, 7) is 7.16. The molecule has 18 heavy (non-hydrogen) atoms. The monoisotopic (exact) mass is 264 g/mol. The number of hydrogen-bond donors (Lipinski definition) is 1. The van der Waals surface area contributed by atoms with Gasteiger partial charge in [0.05, 0.1) is 0 Å². The molecule has 2 rings (SSSR count). The van der Waals surface area contributed by atoms with Crippen molar-refractivity contribution in [1.29, 1.82) is 0 Å². The number of phenols is 1. The predicted molar refractivity (Wildman–Crippen MR) is 72.3 cm³/mol. The summed E-state index contributed by atoms with van der Waals surface area (Å²) in [7, 11) is 0. The second-order valence-electron chi connectivity index (χ2n) is 4.33. The van der Waals surface area contributed by atoms with E-state index in [4.69, 9.17) is 16.0 Å². The number of aryl methyl sites for hydroxylation is 2. The Bertz CT molecular complexity index is 698. The lowest BCUT2D eigenvalue weighted by molar-refractivity contribution is 0.462. The van der Waals surface area contributed by atoms with E-state index < -0.39 is 5.63 Å². The molecule has 1 heterocycles. The fourth-order valence-electron chi connectivity index (χ4n) is 2.01. The molecule has 2 aromatic rings. The first-order valence-corrected chi connectivity index (χ1v) is 5.87. The van der Waals surface area contributed by atoms with Crippen LogP contribution in [0.2, 0.25) is 0 Å². The van der Waals surface area contributed by atoms with Gasteiger partial charge in [0.25, 0.3) is 0 Å². The number of phenolic OH excluding ortho intramolecular Hbond substituents is 1. The topological polar surface area (TPSA) is 50.4 Å². The third-order valence-corrected chi connectivity index (χ3v) is 3.04. The number of allylic oxidation sites excluding steroid dienone is 1. The molecule has 1 aromatic heterocycles. The van der Waals surface area contributed by atoms with Crippen molar-refractivity contribution >= 4 is 22.6 Å². The number of fused-ring (bicyclic) bond motifs is 1. The Morgan fingerprint density at radius 1 is 1.44 bits per heavy atom. The molecule has 0 unspecified atom stereocenters. The first-order valence-electron chi connectivity index (χ1n) is 5.49. The molecule has 4 heteroatoms. The molecule has 0 saturated carbocycles. The molecule has 94 valence electrons. The zero-order valence-electron chi connectivity index (χ0n) is 10.2. The minimum absolute atomic E-state index is 0.0954. The summed E-state index contributed by atoms with van der Waals surface area (Å²) in [6, 6.07) is 3.21. The summed E-state index contributed by atoms with van der Waals surface area (Å²) in [5.41, 5.74) is 2.03. The van der Waals surface area contributed by atoms with Crippen LogP contribution in [-0.2, 0) is 6.42 Å². The fourth-order valence-corrected chi connectivity index (χ4v) is 2.15. The number of hydrogen-bond acceptors (Lipinski definition) is 3. The van der Waals surface area contributed by atoms with Crippen LogP contribution in [0.4, 0.5) is 0 Å². The van der Waals surface area contributed by atoms with Crippen molar-refractivity contribution in [1.82, 2.24) is 0 Å². The lowest BCUT2D eigenvalue weighted by Gasteiger charge is -2.10. The van der Waals surface area contributed by atoms with Gasteiger partial charge in [-0.25, -0.2) is 4.79 Å². The molecule has 0 fully saturated rings. The van der Waals surface area contributed by atoms with Gasteiger partial charge in [0.2, 0.25) is 0 Å². The minimum atomic E-state index is -0.419. The van der Waals surface area contributed by atoms with Crippen LogP contribution in [0.5, 0.6) is 5.75 Å². The maximum Gasteiger partial charge on any atom is 0.336 e. The molecule has 0 aliphatic rings. The predicted octanol–water partition coefficient (Wildman–Crippen LogP) is 3.41. The highest BCUT2D eigenvalue weighted by atomic mass is 35.5. The Hall–Kier alpha value is -1.74. The second-order valence-corrected chi connectivity index (χ2v) is 4.86. The average Bonchev–Trinajstić information content (AvgIpc) is 2.26. The maximum atomic E-state index is 11.3. The summed E-state index contributed by atoms with van der Waals surface area (Å²) < 4.78 is 5.14. The van der Waals surface area contributed by atoms with Crippen molar-refractivity contribution in [3.05, 3.63) is 50.9 Å². The first-order chi connectivity index (χ1) is 8.40.